The third kappa shape index (κ3) is 3.11. The smallest absolute Gasteiger partial charge is 0.310 e. The fourth-order valence-corrected chi connectivity index (χ4v) is 2.79. The minimum absolute atomic E-state index is 0.0192. The van der Waals surface area contributed by atoms with E-state index < -0.39 is 11.4 Å². The Labute approximate surface area is 133 Å². The summed E-state index contributed by atoms with van der Waals surface area (Å²) in [6, 6.07) is 7.18. The summed E-state index contributed by atoms with van der Waals surface area (Å²) >= 11 is 0. The average molecular weight is 314 g/mol. The molecule has 6 nitrogen and oxygen atoms in total. The Kier molecular flexibility index (Phi) is 3.90. The van der Waals surface area contributed by atoms with Crippen molar-refractivity contribution < 1.29 is 19.1 Å². The second-order valence-electron chi connectivity index (χ2n) is 5.98. The van der Waals surface area contributed by atoms with Crippen molar-refractivity contribution in [3.63, 3.8) is 0 Å². The lowest BCUT2D eigenvalue weighted by atomic mass is 9.66. The lowest BCUT2D eigenvalue weighted by Gasteiger charge is -2.36. The van der Waals surface area contributed by atoms with Crippen molar-refractivity contribution >= 4 is 17.6 Å². The molecule has 2 N–H and O–H groups in total. The van der Waals surface area contributed by atoms with Gasteiger partial charge in [0.05, 0.1) is 11.6 Å². The molecule has 1 aromatic carbocycles. The first-order valence-electron chi connectivity index (χ1n) is 7.55. The number of aliphatic carboxylic acids is 1. The molecule has 0 aliphatic heterocycles. The van der Waals surface area contributed by atoms with Crippen LogP contribution in [0.25, 0.3) is 11.3 Å². The lowest BCUT2D eigenvalue weighted by molar-refractivity contribution is -0.157. The molecule has 1 fully saturated rings. The summed E-state index contributed by atoms with van der Waals surface area (Å²) in [6.45, 7) is 1.77. The highest BCUT2D eigenvalue weighted by molar-refractivity contribution is 5.94. The summed E-state index contributed by atoms with van der Waals surface area (Å²) in [5.41, 5.74) is 0.626. The van der Waals surface area contributed by atoms with Gasteiger partial charge in [-0.3, -0.25) is 9.59 Å². The first-order valence-corrected chi connectivity index (χ1v) is 7.55. The Morgan fingerprint density at radius 2 is 2.00 bits per heavy atom. The highest BCUT2D eigenvalue weighted by atomic mass is 16.4. The molecular formula is C17H18N2O4. The van der Waals surface area contributed by atoms with Crippen LogP contribution in [0, 0.1) is 12.3 Å². The van der Waals surface area contributed by atoms with Crippen LogP contribution < -0.4 is 5.32 Å². The summed E-state index contributed by atoms with van der Waals surface area (Å²) in [7, 11) is 0. The Bertz CT molecular complexity index is 729. The third-order valence-corrected chi connectivity index (χ3v) is 4.34. The number of oxazole rings is 1. The van der Waals surface area contributed by atoms with Crippen molar-refractivity contribution in [1.29, 1.82) is 0 Å². The predicted molar refractivity (Wildman–Crippen MR) is 83.8 cm³/mol. The molecule has 0 unspecified atom stereocenters. The number of rotatable bonds is 5. The number of nitrogens with one attached hydrogen (secondary N) is 1. The first kappa shape index (κ1) is 15.3. The highest BCUT2D eigenvalue weighted by Gasteiger charge is 2.45. The van der Waals surface area contributed by atoms with E-state index in [0.29, 0.717) is 30.2 Å². The summed E-state index contributed by atoms with van der Waals surface area (Å²) in [6.07, 6.45) is 3.67. The Balaban J connectivity index is 1.64. The van der Waals surface area contributed by atoms with Crippen molar-refractivity contribution in [1.82, 2.24) is 4.98 Å². The van der Waals surface area contributed by atoms with Gasteiger partial charge < -0.3 is 14.8 Å². The van der Waals surface area contributed by atoms with E-state index in [2.05, 4.69) is 10.3 Å². The predicted octanol–water partition coefficient (Wildman–Crippen LogP) is 3.23. The van der Waals surface area contributed by atoms with E-state index in [1.165, 1.54) is 0 Å². The van der Waals surface area contributed by atoms with Crippen LogP contribution in [-0.4, -0.2) is 22.0 Å². The zero-order valence-corrected chi connectivity index (χ0v) is 12.8. The second kappa shape index (κ2) is 5.87. The van der Waals surface area contributed by atoms with Crippen molar-refractivity contribution in [3.05, 3.63) is 36.4 Å². The van der Waals surface area contributed by atoms with Gasteiger partial charge in [0.1, 0.15) is 0 Å². The SMILES string of the molecule is Cc1ncc(-c2ccc(NC(=O)CC3(C(=O)O)CCC3)cc2)o1. The van der Waals surface area contributed by atoms with Crippen molar-refractivity contribution in [2.24, 2.45) is 5.41 Å². The molecule has 0 bridgehead atoms. The molecule has 0 radical (unpaired) electrons. The van der Waals surface area contributed by atoms with E-state index in [1.807, 2.05) is 12.1 Å². The third-order valence-electron chi connectivity index (χ3n) is 4.34. The van der Waals surface area contributed by atoms with E-state index in [-0.39, 0.29) is 12.3 Å². The molecule has 1 saturated carbocycles. The van der Waals surface area contributed by atoms with Gasteiger partial charge in [-0.15, -0.1) is 0 Å². The van der Waals surface area contributed by atoms with Gasteiger partial charge in [-0.05, 0) is 37.1 Å². The number of carbonyl (C=O) groups is 2. The molecule has 1 amide bonds. The Hall–Kier alpha value is -2.63. The van der Waals surface area contributed by atoms with Crippen molar-refractivity contribution in [2.75, 3.05) is 5.32 Å². The second-order valence-corrected chi connectivity index (χ2v) is 5.98. The molecule has 120 valence electrons. The monoisotopic (exact) mass is 314 g/mol. The van der Waals surface area contributed by atoms with Gasteiger partial charge >= 0.3 is 5.97 Å². The zero-order chi connectivity index (χ0) is 16.4. The number of benzene rings is 1. The molecular weight excluding hydrogens is 296 g/mol. The molecule has 0 spiro atoms. The Morgan fingerprint density at radius 1 is 1.30 bits per heavy atom. The van der Waals surface area contributed by atoms with Gasteiger partial charge in [-0.25, -0.2) is 4.98 Å². The number of nitrogens with zero attached hydrogens (tertiary/aromatic N) is 1. The molecule has 23 heavy (non-hydrogen) atoms. The first-order chi connectivity index (χ1) is 11.0. The molecule has 1 heterocycles. The maximum atomic E-state index is 12.1. The van der Waals surface area contributed by atoms with Crippen LogP contribution in [0.5, 0.6) is 0 Å². The number of carboxylic acid groups (broad SMARTS) is 1. The molecule has 0 atom stereocenters. The summed E-state index contributed by atoms with van der Waals surface area (Å²) in [5, 5.41) is 12.0. The number of amides is 1. The van der Waals surface area contributed by atoms with Crippen LogP contribution in [-0.2, 0) is 9.59 Å². The number of aryl methyl sites for hydroxylation is 1. The maximum Gasteiger partial charge on any atom is 0.310 e. The van der Waals surface area contributed by atoms with E-state index >= 15 is 0 Å². The number of aromatic nitrogens is 1. The topological polar surface area (TPSA) is 92.4 Å². The van der Waals surface area contributed by atoms with Gasteiger partial charge in [0, 0.05) is 24.6 Å². The van der Waals surface area contributed by atoms with E-state index in [9.17, 15) is 14.7 Å². The van der Waals surface area contributed by atoms with Gasteiger partial charge in [0.15, 0.2) is 11.7 Å². The van der Waals surface area contributed by atoms with Crippen LogP contribution in [0.3, 0.4) is 0 Å². The highest BCUT2D eigenvalue weighted by Crippen LogP contribution is 2.44. The van der Waals surface area contributed by atoms with Crippen LogP contribution in [0.15, 0.2) is 34.9 Å². The number of carboxylic acids is 1. The average Bonchev–Trinajstić information content (AvgIpc) is 2.90. The van der Waals surface area contributed by atoms with E-state index in [0.717, 1.165) is 12.0 Å². The van der Waals surface area contributed by atoms with Gasteiger partial charge in [0.2, 0.25) is 5.91 Å². The quantitative estimate of drug-likeness (QED) is 0.884. The number of anilines is 1. The number of hydrogen-bond acceptors (Lipinski definition) is 4. The minimum atomic E-state index is -0.880. The van der Waals surface area contributed by atoms with Gasteiger partial charge in [0.25, 0.3) is 0 Å². The molecule has 0 saturated heterocycles. The van der Waals surface area contributed by atoms with Crippen LogP contribution in [0.2, 0.25) is 0 Å². The molecule has 6 heteroatoms. The van der Waals surface area contributed by atoms with E-state index in [4.69, 9.17) is 4.42 Å². The molecule has 1 aliphatic rings. The maximum absolute atomic E-state index is 12.1. The molecule has 3 rings (SSSR count). The molecule has 2 aromatic rings. The van der Waals surface area contributed by atoms with Crippen LogP contribution >= 0.6 is 0 Å². The summed E-state index contributed by atoms with van der Waals surface area (Å²) in [5.74, 6) is 0.113. The molecule has 1 aromatic heterocycles. The summed E-state index contributed by atoms with van der Waals surface area (Å²) < 4.78 is 5.44. The summed E-state index contributed by atoms with van der Waals surface area (Å²) in [4.78, 5) is 27.4. The fourth-order valence-electron chi connectivity index (χ4n) is 2.79. The standard InChI is InChI=1S/C17H18N2O4/c1-11-18-10-14(23-11)12-3-5-13(6-4-12)19-15(20)9-17(16(21)22)7-2-8-17/h3-6,10H,2,7-9H2,1H3,(H,19,20)(H,21,22). The van der Waals surface area contributed by atoms with Crippen LogP contribution in [0.1, 0.15) is 31.6 Å². The number of hydrogen-bond donors (Lipinski definition) is 2. The van der Waals surface area contributed by atoms with Gasteiger partial charge in [-0.1, -0.05) is 6.42 Å². The lowest BCUT2D eigenvalue weighted by Crippen LogP contribution is -2.41. The zero-order valence-electron chi connectivity index (χ0n) is 12.8. The fraction of sp³-hybridized carbons (Fsp3) is 0.353. The molecule has 1 aliphatic carbocycles. The minimum Gasteiger partial charge on any atom is -0.481 e. The van der Waals surface area contributed by atoms with Crippen LogP contribution in [0.4, 0.5) is 5.69 Å². The largest absolute Gasteiger partial charge is 0.481 e. The number of carbonyl (C=O) groups excluding carboxylic acids is 1. The van der Waals surface area contributed by atoms with Gasteiger partial charge in [-0.2, -0.15) is 0 Å². The van der Waals surface area contributed by atoms with E-state index in [1.54, 1.807) is 25.3 Å². The van der Waals surface area contributed by atoms with Crippen molar-refractivity contribution in [3.8, 4) is 11.3 Å². The normalized spacial score (nSPS) is 15.7. The Morgan fingerprint density at radius 3 is 2.48 bits per heavy atom. The van der Waals surface area contributed by atoms with Crippen molar-refractivity contribution in [2.45, 2.75) is 32.6 Å².